The Morgan fingerprint density at radius 3 is 2.84 bits per heavy atom. The SMILES string of the molecule is CCC(C)NC(=O)CCNc1cnccc1C(=O)O. The van der Waals surface area contributed by atoms with Gasteiger partial charge >= 0.3 is 5.97 Å². The Kier molecular flexibility index (Phi) is 5.78. The summed E-state index contributed by atoms with van der Waals surface area (Å²) < 4.78 is 0. The summed E-state index contributed by atoms with van der Waals surface area (Å²) in [6, 6.07) is 1.57. The Morgan fingerprint density at radius 1 is 1.47 bits per heavy atom. The van der Waals surface area contributed by atoms with E-state index >= 15 is 0 Å². The first-order chi connectivity index (χ1) is 9.04. The van der Waals surface area contributed by atoms with E-state index in [9.17, 15) is 9.59 Å². The van der Waals surface area contributed by atoms with Gasteiger partial charge in [-0.15, -0.1) is 0 Å². The number of hydrogen-bond donors (Lipinski definition) is 3. The van der Waals surface area contributed by atoms with Crippen LogP contribution in [0.4, 0.5) is 5.69 Å². The molecule has 0 radical (unpaired) electrons. The molecule has 0 bridgehead atoms. The maximum absolute atomic E-state index is 11.5. The number of carboxylic acids is 1. The summed E-state index contributed by atoms with van der Waals surface area (Å²) in [7, 11) is 0. The van der Waals surface area contributed by atoms with Crippen molar-refractivity contribution in [2.75, 3.05) is 11.9 Å². The van der Waals surface area contributed by atoms with Gasteiger partial charge < -0.3 is 15.7 Å². The second-order valence-electron chi connectivity index (χ2n) is 4.28. The van der Waals surface area contributed by atoms with E-state index in [1.165, 1.54) is 18.5 Å². The summed E-state index contributed by atoms with van der Waals surface area (Å²) in [6.07, 6.45) is 4.03. The number of pyridine rings is 1. The molecule has 0 aromatic carbocycles. The molecule has 104 valence electrons. The highest BCUT2D eigenvalue weighted by Crippen LogP contribution is 2.12. The standard InChI is InChI=1S/C13H19N3O3/c1-3-9(2)16-12(17)5-7-15-11-8-14-6-4-10(11)13(18)19/h4,6,8-9,15H,3,5,7H2,1-2H3,(H,16,17)(H,18,19). The number of anilines is 1. The van der Waals surface area contributed by atoms with Crippen LogP contribution in [-0.2, 0) is 4.79 Å². The van der Waals surface area contributed by atoms with E-state index in [0.29, 0.717) is 12.2 Å². The third kappa shape index (κ3) is 4.95. The minimum atomic E-state index is -1.02. The van der Waals surface area contributed by atoms with E-state index in [-0.39, 0.29) is 23.9 Å². The van der Waals surface area contributed by atoms with Crippen LogP contribution in [0.25, 0.3) is 0 Å². The van der Waals surface area contributed by atoms with Crippen molar-refractivity contribution in [3.63, 3.8) is 0 Å². The number of amides is 1. The number of carbonyl (C=O) groups is 2. The Labute approximate surface area is 112 Å². The number of carboxylic acid groups (broad SMARTS) is 1. The fourth-order valence-corrected chi connectivity index (χ4v) is 1.48. The van der Waals surface area contributed by atoms with Crippen LogP contribution < -0.4 is 10.6 Å². The van der Waals surface area contributed by atoms with Crippen molar-refractivity contribution in [1.29, 1.82) is 0 Å². The van der Waals surface area contributed by atoms with Gasteiger partial charge in [-0.25, -0.2) is 4.79 Å². The lowest BCUT2D eigenvalue weighted by Gasteiger charge is -2.12. The predicted octanol–water partition coefficient (Wildman–Crippen LogP) is 1.50. The molecule has 19 heavy (non-hydrogen) atoms. The summed E-state index contributed by atoms with van der Waals surface area (Å²) in [5.74, 6) is -1.07. The van der Waals surface area contributed by atoms with Crippen molar-refractivity contribution in [1.82, 2.24) is 10.3 Å². The Hall–Kier alpha value is -2.11. The van der Waals surface area contributed by atoms with E-state index < -0.39 is 5.97 Å². The van der Waals surface area contributed by atoms with Gasteiger partial charge in [0.05, 0.1) is 17.4 Å². The normalized spacial score (nSPS) is 11.7. The first-order valence-corrected chi connectivity index (χ1v) is 6.25. The van der Waals surface area contributed by atoms with Crippen molar-refractivity contribution < 1.29 is 14.7 Å². The molecular formula is C13H19N3O3. The first-order valence-electron chi connectivity index (χ1n) is 6.25. The van der Waals surface area contributed by atoms with E-state index in [1.54, 1.807) is 0 Å². The van der Waals surface area contributed by atoms with Gasteiger partial charge in [0.1, 0.15) is 0 Å². The van der Waals surface area contributed by atoms with E-state index in [2.05, 4.69) is 15.6 Å². The molecule has 0 saturated heterocycles. The fourth-order valence-electron chi connectivity index (χ4n) is 1.48. The predicted molar refractivity (Wildman–Crippen MR) is 72.2 cm³/mol. The van der Waals surface area contributed by atoms with Gasteiger partial charge in [-0.3, -0.25) is 9.78 Å². The smallest absolute Gasteiger partial charge is 0.337 e. The van der Waals surface area contributed by atoms with Crippen molar-refractivity contribution in [2.24, 2.45) is 0 Å². The van der Waals surface area contributed by atoms with Crippen LogP contribution in [0, 0.1) is 0 Å². The minimum absolute atomic E-state index is 0.0531. The van der Waals surface area contributed by atoms with Gasteiger partial charge in [-0.1, -0.05) is 6.92 Å². The van der Waals surface area contributed by atoms with Gasteiger partial charge in [0.25, 0.3) is 0 Å². The van der Waals surface area contributed by atoms with Crippen LogP contribution in [0.3, 0.4) is 0 Å². The highest BCUT2D eigenvalue weighted by atomic mass is 16.4. The molecule has 1 aromatic heterocycles. The molecular weight excluding hydrogens is 246 g/mol. The van der Waals surface area contributed by atoms with Gasteiger partial charge in [0.15, 0.2) is 0 Å². The zero-order valence-electron chi connectivity index (χ0n) is 11.1. The van der Waals surface area contributed by atoms with Crippen molar-refractivity contribution >= 4 is 17.6 Å². The molecule has 0 aliphatic rings. The van der Waals surface area contributed by atoms with Crippen LogP contribution in [0.1, 0.15) is 37.0 Å². The fraction of sp³-hybridized carbons (Fsp3) is 0.462. The summed E-state index contributed by atoms with van der Waals surface area (Å²) >= 11 is 0. The van der Waals surface area contributed by atoms with Gasteiger partial charge in [-0.05, 0) is 19.4 Å². The number of carbonyl (C=O) groups excluding carboxylic acids is 1. The molecule has 0 saturated carbocycles. The number of rotatable bonds is 7. The van der Waals surface area contributed by atoms with Crippen molar-refractivity contribution in [3.05, 3.63) is 24.0 Å². The van der Waals surface area contributed by atoms with Gasteiger partial charge in [0, 0.05) is 25.2 Å². The summed E-state index contributed by atoms with van der Waals surface area (Å²) in [5.41, 5.74) is 0.573. The second-order valence-corrected chi connectivity index (χ2v) is 4.28. The lowest BCUT2D eigenvalue weighted by Crippen LogP contribution is -2.33. The third-order valence-electron chi connectivity index (χ3n) is 2.74. The summed E-state index contributed by atoms with van der Waals surface area (Å²) in [5, 5.41) is 14.7. The third-order valence-corrected chi connectivity index (χ3v) is 2.74. The molecule has 0 aliphatic carbocycles. The largest absolute Gasteiger partial charge is 0.478 e. The highest BCUT2D eigenvalue weighted by molar-refractivity contribution is 5.93. The first kappa shape index (κ1) is 14.9. The van der Waals surface area contributed by atoms with E-state index in [0.717, 1.165) is 6.42 Å². The van der Waals surface area contributed by atoms with Gasteiger partial charge in [0.2, 0.25) is 5.91 Å². The Morgan fingerprint density at radius 2 is 2.21 bits per heavy atom. The number of aromatic nitrogens is 1. The van der Waals surface area contributed by atoms with Crippen molar-refractivity contribution in [2.45, 2.75) is 32.7 Å². The van der Waals surface area contributed by atoms with Crippen LogP contribution in [0.2, 0.25) is 0 Å². The molecule has 0 fully saturated rings. The Balaban J connectivity index is 2.45. The average molecular weight is 265 g/mol. The highest BCUT2D eigenvalue weighted by Gasteiger charge is 2.10. The monoisotopic (exact) mass is 265 g/mol. The number of nitrogens with zero attached hydrogens (tertiary/aromatic N) is 1. The number of aromatic carboxylic acids is 1. The average Bonchev–Trinajstić information content (AvgIpc) is 2.38. The van der Waals surface area contributed by atoms with Crippen LogP contribution in [0.15, 0.2) is 18.5 Å². The van der Waals surface area contributed by atoms with E-state index in [1.807, 2.05) is 13.8 Å². The molecule has 1 aromatic rings. The lowest BCUT2D eigenvalue weighted by molar-refractivity contribution is -0.121. The molecule has 1 heterocycles. The molecule has 0 aliphatic heterocycles. The zero-order valence-corrected chi connectivity index (χ0v) is 11.1. The maximum atomic E-state index is 11.5. The van der Waals surface area contributed by atoms with Crippen LogP contribution in [-0.4, -0.2) is 34.6 Å². The molecule has 3 N–H and O–H groups in total. The van der Waals surface area contributed by atoms with Crippen molar-refractivity contribution in [3.8, 4) is 0 Å². The van der Waals surface area contributed by atoms with E-state index in [4.69, 9.17) is 5.11 Å². The molecule has 0 spiro atoms. The van der Waals surface area contributed by atoms with Crippen LogP contribution in [0.5, 0.6) is 0 Å². The Bertz CT molecular complexity index is 449. The van der Waals surface area contributed by atoms with Crippen LogP contribution >= 0.6 is 0 Å². The molecule has 6 heteroatoms. The van der Waals surface area contributed by atoms with Gasteiger partial charge in [-0.2, -0.15) is 0 Å². The summed E-state index contributed by atoms with van der Waals surface area (Å²) in [4.78, 5) is 26.4. The molecule has 1 amide bonds. The molecule has 6 nitrogen and oxygen atoms in total. The molecule has 1 rings (SSSR count). The topological polar surface area (TPSA) is 91.3 Å². The molecule has 1 unspecified atom stereocenters. The second kappa shape index (κ2) is 7.35. The quantitative estimate of drug-likeness (QED) is 0.695. The lowest BCUT2D eigenvalue weighted by atomic mass is 10.2. The number of hydrogen-bond acceptors (Lipinski definition) is 4. The maximum Gasteiger partial charge on any atom is 0.337 e. The number of nitrogens with one attached hydrogen (secondary N) is 2. The summed E-state index contributed by atoms with van der Waals surface area (Å²) in [6.45, 7) is 4.31. The minimum Gasteiger partial charge on any atom is -0.478 e. The molecule has 1 atom stereocenters. The zero-order chi connectivity index (χ0) is 14.3.